The van der Waals surface area contributed by atoms with Crippen LogP contribution in [0.4, 0.5) is 10.1 Å². The van der Waals surface area contributed by atoms with E-state index < -0.39 is 11.7 Å². The van der Waals surface area contributed by atoms with Crippen molar-refractivity contribution in [1.82, 2.24) is 0 Å². The Labute approximate surface area is 120 Å². The molecule has 98 valence electrons. The second-order valence-corrected chi connectivity index (χ2v) is 4.82. The fourth-order valence-corrected chi connectivity index (χ4v) is 2.20. The Morgan fingerprint density at radius 2 is 1.79 bits per heavy atom. The first kappa shape index (κ1) is 13.8. The molecule has 2 nitrogen and oxygen atoms in total. The van der Waals surface area contributed by atoms with E-state index in [1.54, 1.807) is 31.2 Å². The van der Waals surface area contributed by atoms with Gasteiger partial charge in [0.2, 0.25) is 0 Å². The maximum absolute atomic E-state index is 13.2. The van der Waals surface area contributed by atoms with E-state index in [9.17, 15) is 9.18 Å². The summed E-state index contributed by atoms with van der Waals surface area (Å²) in [5.41, 5.74) is 1.31. The van der Waals surface area contributed by atoms with E-state index in [2.05, 4.69) is 5.32 Å². The van der Waals surface area contributed by atoms with E-state index in [1.165, 1.54) is 12.1 Å². The molecule has 2 aromatic rings. The fraction of sp³-hybridized carbons (Fsp3) is 0.0714. The van der Waals surface area contributed by atoms with Gasteiger partial charge in [-0.2, -0.15) is 0 Å². The smallest absolute Gasteiger partial charge is 0.258 e. The number of aryl methyl sites for hydroxylation is 1. The Bertz CT molecular complexity index is 623. The Morgan fingerprint density at radius 1 is 1.16 bits per heavy atom. The molecule has 0 atom stereocenters. The van der Waals surface area contributed by atoms with Gasteiger partial charge in [-0.05, 0) is 36.8 Å². The third-order valence-electron chi connectivity index (χ3n) is 2.64. The molecule has 0 bridgehead atoms. The van der Waals surface area contributed by atoms with Crippen molar-refractivity contribution in [2.45, 2.75) is 6.92 Å². The predicted molar refractivity (Wildman–Crippen MR) is 75.6 cm³/mol. The molecule has 0 saturated carbocycles. The van der Waals surface area contributed by atoms with E-state index in [0.717, 1.165) is 5.56 Å². The van der Waals surface area contributed by atoms with E-state index >= 15 is 0 Å². The summed E-state index contributed by atoms with van der Waals surface area (Å²) in [5.74, 6) is -0.893. The number of benzene rings is 2. The van der Waals surface area contributed by atoms with Crippen LogP contribution in [-0.2, 0) is 0 Å². The van der Waals surface area contributed by atoms with Gasteiger partial charge in [0, 0.05) is 5.69 Å². The number of halogens is 3. The summed E-state index contributed by atoms with van der Waals surface area (Å²) in [6.07, 6.45) is 0. The summed E-state index contributed by atoms with van der Waals surface area (Å²) < 4.78 is 13.2. The van der Waals surface area contributed by atoms with Crippen LogP contribution in [0.1, 0.15) is 15.9 Å². The van der Waals surface area contributed by atoms with Crippen LogP contribution in [0.25, 0.3) is 0 Å². The highest BCUT2D eigenvalue weighted by Gasteiger charge is 2.15. The van der Waals surface area contributed by atoms with E-state index in [-0.39, 0.29) is 15.6 Å². The minimum atomic E-state index is -0.468. The van der Waals surface area contributed by atoms with Crippen LogP contribution in [0.5, 0.6) is 0 Å². The molecule has 0 aromatic heterocycles. The van der Waals surface area contributed by atoms with Crippen molar-refractivity contribution in [3.63, 3.8) is 0 Å². The molecule has 2 rings (SSSR count). The zero-order valence-corrected chi connectivity index (χ0v) is 11.5. The summed E-state index contributed by atoms with van der Waals surface area (Å²) >= 11 is 11.9. The molecule has 0 heterocycles. The number of carbonyl (C=O) groups excluding carboxylic acids is 1. The fourth-order valence-electron chi connectivity index (χ4n) is 1.63. The third-order valence-corrected chi connectivity index (χ3v) is 3.27. The molecule has 2 aromatic carbocycles. The van der Waals surface area contributed by atoms with E-state index in [1.807, 2.05) is 0 Å². The quantitative estimate of drug-likeness (QED) is 0.856. The molecule has 0 aliphatic heterocycles. The lowest BCUT2D eigenvalue weighted by atomic mass is 10.1. The highest BCUT2D eigenvalue weighted by Crippen LogP contribution is 2.26. The van der Waals surface area contributed by atoms with Gasteiger partial charge in [0.1, 0.15) is 5.82 Å². The molecule has 1 N–H and O–H groups in total. The standard InChI is InChI=1S/C14H10Cl2FNO/c1-8-5-6-9(17)7-12(8)18-14(19)13-10(15)3-2-4-11(13)16/h2-7H,1H3,(H,18,19). The molecule has 19 heavy (non-hydrogen) atoms. The number of hydrogen-bond acceptors (Lipinski definition) is 1. The molecule has 0 fully saturated rings. The van der Waals surface area contributed by atoms with E-state index in [4.69, 9.17) is 23.2 Å². The second kappa shape index (κ2) is 5.59. The molecule has 0 saturated heterocycles. The summed E-state index contributed by atoms with van der Waals surface area (Å²) in [7, 11) is 0. The summed E-state index contributed by atoms with van der Waals surface area (Å²) in [6, 6.07) is 8.95. The van der Waals surface area contributed by atoms with Crippen LogP contribution >= 0.6 is 23.2 Å². The average Bonchev–Trinajstić information content (AvgIpc) is 2.33. The number of nitrogens with one attached hydrogen (secondary N) is 1. The van der Waals surface area contributed by atoms with Crippen LogP contribution in [0, 0.1) is 12.7 Å². The molecule has 0 aliphatic rings. The Morgan fingerprint density at radius 3 is 2.42 bits per heavy atom. The summed E-state index contributed by atoms with van der Waals surface area (Å²) in [6.45, 7) is 1.77. The third kappa shape index (κ3) is 3.06. The zero-order valence-electron chi connectivity index (χ0n) is 10.0. The number of rotatable bonds is 2. The van der Waals surface area contributed by atoms with Crippen molar-refractivity contribution in [1.29, 1.82) is 0 Å². The van der Waals surface area contributed by atoms with Crippen molar-refractivity contribution in [3.05, 3.63) is 63.4 Å². The van der Waals surface area contributed by atoms with Crippen LogP contribution in [0.3, 0.4) is 0 Å². The lowest BCUT2D eigenvalue weighted by Crippen LogP contribution is -2.14. The maximum Gasteiger partial charge on any atom is 0.258 e. The molecule has 0 radical (unpaired) electrons. The van der Waals surface area contributed by atoms with Gasteiger partial charge in [-0.15, -0.1) is 0 Å². The minimum absolute atomic E-state index is 0.175. The molecule has 5 heteroatoms. The molecule has 0 unspecified atom stereocenters. The number of hydrogen-bond donors (Lipinski definition) is 1. The van der Waals surface area contributed by atoms with Crippen molar-refractivity contribution in [3.8, 4) is 0 Å². The first-order valence-electron chi connectivity index (χ1n) is 5.50. The predicted octanol–water partition coefficient (Wildman–Crippen LogP) is 4.69. The Balaban J connectivity index is 2.34. The van der Waals surface area contributed by atoms with Gasteiger partial charge in [-0.1, -0.05) is 35.3 Å². The highest BCUT2D eigenvalue weighted by atomic mass is 35.5. The van der Waals surface area contributed by atoms with Crippen molar-refractivity contribution in [2.75, 3.05) is 5.32 Å². The average molecular weight is 298 g/mol. The largest absolute Gasteiger partial charge is 0.322 e. The van der Waals surface area contributed by atoms with Crippen molar-refractivity contribution < 1.29 is 9.18 Å². The SMILES string of the molecule is Cc1ccc(F)cc1NC(=O)c1c(Cl)cccc1Cl. The van der Waals surface area contributed by atoms with Crippen LogP contribution < -0.4 is 5.32 Å². The number of anilines is 1. The molecular weight excluding hydrogens is 288 g/mol. The van der Waals surface area contributed by atoms with Gasteiger partial charge in [0.15, 0.2) is 0 Å². The van der Waals surface area contributed by atoms with Gasteiger partial charge < -0.3 is 5.32 Å². The van der Waals surface area contributed by atoms with Gasteiger partial charge in [-0.3, -0.25) is 4.79 Å². The van der Waals surface area contributed by atoms with Crippen LogP contribution in [0.2, 0.25) is 10.0 Å². The molecular formula is C14H10Cl2FNO. The van der Waals surface area contributed by atoms with E-state index in [0.29, 0.717) is 5.69 Å². The topological polar surface area (TPSA) is 29.1 Å². The normalized spacial score (nSPS) is 10.3. The first-order chi connectivity index (χ1) is 8.99. The van der Waals surface area contributed by atoms with Gasteiger partial charge in [0.05, 0.1) is 15.6 Å². The van der Waals surface area contributed by atoms with Gasteiger partial charge in [-0.25, -0.2) is 4.39 Å². The summed E-state index contributed by atoms with van der Waals surface area (Å²) in [4.78, 5) is 12.1. The van der Waals surface area contributed by atoms with Gasteiger partial charge >= 0.3 is 0 Å². The highest BCUT2D eigenvalue weighted by molar-refractivity contribution is 6.40. The Hall–Kier alpha value is -1.58. The van der Waals surface area contributed by atoms with Gasteiger partial charge in [0.25, 0.3) is 5.91 Å². The maximum atomic E-state index is 13.2. The monoisotopic (exact) mass is 297 g/mol. The molecule has 0 aliphatic carbocycles. The Kier molecular flexibility index (Phi) is 4.08. The zero-order chi connectivity index (χ0) is 14.0. The van der Waals surface area contributed by atoms with Crippen molar-refractivity contribution in [2.24, 2.45) is 0 Å². The minimum Gasteiger partial charge on any atom is -0.322 e. The molecule has 1 amide bonds. The van der Waals surface area contributed by atoms with Crippen LogP contribution in [0.15, 0.2) is 36.4 Å². The second-order valence-electron chi connectivity index (χ2n) is 4.01. The lowest BCUT2D eigenvalue weighted by Gasteiger charge is -2.10. The summed E-state index contributed by atoms with van der Waals surface area (Å²) in [5, 5.41) is 3.10. The number of amides is 1. The lowest BCUT2D eigenvalue weighted by molar-refractivity contribution is 0.102. The first-order valence-corrected chi connectivity index (χ1v) is 6.26. The number of carbonyl (C=O) groups is 1. The van der Waals surface area contributed by atoms with Crippen molar-refractivity contribution >= 4 is 34.8 Å². The molecule has 0 spiro atoms. The van der Waals surface area contributed by atoms with Crippen LogP contribution in [-0.4, -0.2) is 5.91 Å².